The first-order chi connectivity index (χ1) is 14.6. The Balaban J connectivity index is 1.90. The summed E-state index contributed by atoms with van der Waals surface area (Å²) >= 11 is 0. The average Bonchev–Trinajstić information content (AvgIpc) is 2.73. The maximum atomic E-state index is 13.5. The standard InChI is InChI=1S/C24H37NO6/c1-14-15(13-17(26)31-12-11-25-4)7-8-16-18(14)19(27)20(28)21-23(16,2)9-6-10-24(21,3)22(29)30-5/h13-14,16,18-19,21,25,27H,6-12H2,1-5H3/b15-13+. The predicted molar refractivity (Wildman–Crippen MR) is 115 cm³/mol. The van der Waals surface area contributed by atoms with Crippen molar-refractivity contribution >= 4 is 17.7 Å². The van der Waals surface area contributed by atoms with E-state index in [1.54, 1.807) is 13.1 Å². The van der Waals surface area contributed by atoms with Gasteiger partial charge in [-0.1, -0.05) is 25.8 Å². The Morgan fingerprint density at radius 2 is 2.00 bits per heavy atom. The quantitative estimate of drug-likeness (QED) is 0.388. The van der Waals surface area contributed by atoms with Crippen molar-refractivity contribution in [3.8, 4) is 0 Å². The van der Waals surface area contributed by atoms with Crippen molar-refractivity contribution in [3.63, 3.8) is 0 Å². The molecule has 3 aliphatic rings. The summed E-state index contributed by atoms with van der Waals surface area (Å²) in [5, 5.41) is 14.1. The summed E-state index contributed by atoms with van der Waals surface area (Å²) in [7, 11) is 3.16. The third kappa shape index (κ3) is 3.95. The number of ketones is 1. The molecule has 7 heteroatoms. The van der Waals surface area contributed by atoms with Gasteiger partial charge in [0.25, 0.3) is 0 Å². The molecule has 0 aromatic rings. The van der Waals surface area contributed by atoms with Gasteiger partial charge in [0.1, 0.15) is 12.7 Å². The molecule has 0 bridgehead atoms. The van der Waals surface area contributed by atoms with Crippen LogP contribution >= 0.6 is 0 Å². The summed E-state index contributed by atoms with van der Waals surface area (Å²) in [6.07, 6.45) is 4.18. The lowest BCUT2D eigenvalue weighted by Gasteiger charge is -2.61. The number of rotatable bonds is 5. The fourth-order valence-corrected chi connectivity index (χ4v) is 6.96. The number of hydrogen-bond acceptors (Lipinski definition) is 7. The lowest BCUT2D eigenvalue weighted by atomic mass is 9.42. The summed E-state index contributed by atoms with van der Waals surface area (Å²) in [6, 6.07) is 0. The number of likely N-dealkylation sites (N-methyl/N-ethyl adjacent to an activating group) is 1. The monoisotopic (exact) mass is 435 g/mol. The molecule has 3 rings (SSSR count). The molecule has 174 valence electrons. The summed E-state index contributed by atoms with van der Waals surface area (Å²) < 4.78 is 10.3. The molecule has 0 heterocycles. The number of carbonyl (C=O) groups excluding carboxylic acids is 3. The number of methoxy groups -OCH3 is 1. The van der Waals surface area contributed by atoms with Gasteiger partial charge in [-0.2, -0.15) is 0 Å². The molecule has 7 nitrogen and oxygen atoms in total. The van der Waals surface area contributed by atoms with Crippen LogP contribution in [0.5, 0.6) is 0 Å². The lowest BCUT2D eigenvalue weighted by molar-refractivity contribution is -0.193. The summed E-state index contributed by atoms with van der Waals surface area (Å²) in [5.74, 6) is -1.83. The zero-order chi connectivity index (χ0) is 23.0. The molecule has 0 radical (unpaired) electrons. The first-order valence-corrected chi connectivity index (χ1v) is 11.4. The number of esters is 2. The van der Waals surface area contributed by atoms with Gasteiger partial charge in [-0.05, 0) is 56.9 Å². The van der Waals surface area contributed by atoms with E-state index >= 15 is 0 Å². The molecule has 3 saturated carbocycles. The van der Waals surface area contributed by atoms with Crippen molar-refractivity contribution in [2.75, 3.05) is 27.3 Å². The number of hydrogen-bond donors (Lipinski definition) is 2. The first-order valence-electron chi connectivity index (χ1n) is 11.4. The zero-order valence-corrected chi connectivity index (χ0v) is 19.4. The van der Waals surface area contributed by atoms with E-state index in [0.29, 0.717) is 19.6 Å². The van der Waals surface area contributed by atoms with Crippen LogP contribution in [0.4, 0.5) is 0 Å². The maximum Gasteiger partial charge on any atom is 0.330 e. The molecular weight excluding hydrogens is 398 g/mol. The van der Waals surface area contributed by atoms with Crippen molar-refractivity contribution < 1.29 is 29.0 Å². The van der Waals surface area contributed by atoms with Gasteiger partial charge in [0.05, 0.1) is 12.5 Å². The third-order valence-corrected chi connectivity index (χ3v) is 8.42. The maximum absolute atomic E-state index is 13.5. The number of Topliss-reactive ketones (excluding diaryl/α,β-unsaturated/α-hetero) is 1. The fourth-order valence-electron chi connectivity index (χ4n) is 6.96. The van der Waals surface area contributed by atoms with Crippen LogP contribution < -0.4 is 5.32 Å². The zero-order valence-electron chi connectivity index (χ0n) is 19.4. The summed E-state index contributed by atoms with van der Waals surface area (Å²) in [6.45, 7) is 6.82. The second-order valence-electron chi connectivity index (χ2n) is 10.1. The van der Waals surface area contributed by atoms with Crippen molar-refractivity contribution in [1.29, 1.82) is 0 Å². The summed E-state index contributed by atoms with van der Waals surface area (Å²) in [4.78, 5) is 38.5. The van der Waals surface area contributed by atoms with Crippen LogP contribution in [0, 0.1) is 34.5 Å². The molecule has 0 aromatic carbocycles. The van der Waals surface area contributed by atoms with Crippen molar-refractivity contribution in [2.24, 2.45) is 34.5 Å². The Labute approximate surface area is 184 Å². The van der Waals surface area contributed by atoms with E-state index in [1.807, 2.05) is 13.8 Å². The summed E-state index contributed by atoms with van der Waals surface area (Å²) in [5.41, 5.74) is -0.368. The van der Waals surface area contributed by atoms with E-state index in [9.17, 15) is 19.5 Å². The normalized spacial score (nSPS) is 41.3. The molecule has 0 saturated heterocycles. The number of allylic oxidation sites excluding steroid dienone is 1. The highest BCUT2D eigenvalue weighted by molar-refractivity contribution is 5.93. The fraction of sp³-hybridized carbons (Fsp3) is 0.792. The van der Waals surface area contributed by atoms with E-state index < -0.39 is 17.4 Å². The largest absolute Gasteiger partial charge is 0.469 e. The molecule has 31 heavy (non-hydrogen) atoms. The number of aliphatic hydroxyl groups is 1. The second-order valence-corrected chi connectivity index (χ2v) is 10.1. The molecule has 0 aromatic heterocycles. The predicted octanol–water partition coefficient (Wildman–Crippen LogP) is 2.27. The highest BCUT2D eigenvalue weighted by Crippen LogP contribution is 2.64. The number of fused-ring (bicyclic) bond motifs is 3. The highest BCUT2D eigenvalue weighted by atomic mass is 16.5. The minimum Gasteiger partial charge on any atom is -0.469 e. The van der Waals surface area contributed by atoms with Crippen molar-refractivity contribution in [2.45, 2.75) is 59.0 Å². The van der Waals surface area contributed by atoms with E-state index in [0.717, 1.165) is 31.3 Å². The van der Waals surface area contributed by atoms with Gasteiger partial charge < -0.3 is 19.9 Å². The van der Waals surface area contributed by atoms with Gasteiger partial charge in [-0.3, -0.25) is 9.59 Å². The minimum atomic E-state index is -1.15. The molecule has 0 aliphatic heterocycles. The third-order valence-electron chi connectivity index (χ3n) is 8.42. The Kier molecular flexibility index (Phi) is 6.96. The number of nitrogens with one attached hydrogen (secondary N) is 1. The van der Waals surface area contributed by atoms with Gasteiger partial charge in [-0.25, -0.2) is 4.79 Å². The van der Waals surface area contributed by atoms with Crippen LogP contribution in [0.25, 0.3) is 0 Å². The van der Waals surface area contributed by atoms with Crippen LogP contribution in [-0.4, -0.2) is 56.2 Å². The lowest BCUT2D eigenvalue weighted by Crippen LogP contribution is -2.65. The van der Waals surface area contributed by atoms with Crippen LogP contribution in [0.15, 0.2) is 11.6 Å². The molecule has 2 N–H and O–H groups in total. The van der Waals surface area contributed by atoms with Crippen LogP contribution in [0.3, 0.4) is 0 Å². The second kappa shape index (κ2) is 9.02. The Morgan fingerprint density at radius 1 is 1.29 bits per heavy atom. The first kappa shape index (κ1) is 23.9. The molecule has 0 spiro atoms. The molecule has 3 fully saturated rings. The molecule has 7 unspecified atom stereocenters. The van der Waals surface area contributed by atoms with Crippen molar-refractivity contribution in [3.05, 3.63) is 11.6 Å². The van der Waals surface area contributed by atoms with Gasteiger partial charge in [-0.15, -0.1) is 0 Å². The number of carbonyl (C=O) groups is 3. The van der Waals surface area contributed by atoms with Gasteiger partial charge in [0.2, 0.25) is 0 Å². The van der Waals surface area contributed by atoms with E-state index in [-0.39, 0.29) is 40.9 Å². The van der Waals surface area contributed by atoms with Crippen molar-refractivity contribution in [1.82, 2.24) is 5.32 Å². The van der Waals surface area contributed by atoms with Crippen LogP contribution in [-0.2, 0) is 23.9 Å². The van der Waals surface area contributed by atoms with E-state index in [1.165, 1.54) is 7.11 Å². The number of ether oxygens (including phenoxy) is 2. The molecule has 3 aliphatic carbocycles. The van der Waals surface area contributed by atoms with E-state index in [4.69, 9.17) is 9.47 Å². The van der Waals surface area contributed by atoms with Crippen LogP contribution in [0.1, 0.15) is 52.9 Å². The highest BCUT2D eigenvalue weighted by Gasteiger charge is 2.66. The topological polar surface area (TPSA) is 102 Å². The minimum absolute atomic E-state index is 0.0990. The SMILES string of the molecule is CNCCOC(=O)/C=C1\CCC2C(C(O)C(=O)C3C(C)(C(=O)OC)CCCC23C)C1C. The van der Waals surface area contributed by atoms with Gasteiger partial charge >= 0.3 is 11.9 Å². The Hall–Kier alpha value is -1.73. The smallest absolute Gasteiger partial charge is 0.330 e. The molecule has 7 atom stereocenters. The Morgan fingerprint density at radius 3 is 2.65 bits per heavy atom. The van der Waals surface area contributed by atoms with Crippen LogP contribution in [0.2, 0.25) is 0 Å². The van der Waals surface area contributed by atoms with E-state index in [2.05, 4.69) is 12.2 Å². The average molecular weight is 436 g/mol. The van der Waals surface area contributed by atoms with Gasteiger partial charge in [0, 0.05) is 24.5 Å². The molecular formula is C24H37NO6. The molecule has 0 amide bonds. The number of aliphatic hydroxyl groups excluding tert-OH is 1. The van der Waals surface area contributed by atoms with Gasteiger partial charge in [0.15, 0.2) is 5.78 Å². The Bertz CT molecular complexity index is 763.